The number of hydrogen-bond acceptors (Lipinski definition) is 2. The Morgan fingerprint density at radius 1 is 1.53 bits per heavy atom. The van der Waals surface area contributed by atoms with E-state index in [4.69, 9.17) is 5.11 Å². The number of carboxylic acids is 1. The lowest BCUT2D eigenvalue weighted by molar-refractivity contribution is -0.139. The van der Waals surface area contributed by atoms with Crippen LogP contribution in [0.25, 0.3) is 0 Å². The van der Waals surface area contributed by atoms with E-state index in [1.807, 2.05) is 23.8 Å². The molecule has 1 heterocycles. The van der Waals surface area contributed by atoms with Gasteiger partial charge in [-0.1, -0.05) is 19.8 Å². The van der Waals surface area contributed by atoms with E-state index in [0.717, 1.165) is 25.7 Å². The van der Waals surface area contributed by atoms with Crippen molar-refractivity contribution in [2.24, 2.45) is 0 Å². The molecule has 0 aliphatic heterocycles. The number of nitrogens with zero attached hydrogens (tertiary/aromatic N) is 1. The van der Waals surface area contributed by atoms with Gasteiger partial charge in [0.25, 0.3) is 5.91 Å². The molecular weight excluding hydrogens is 244 g/mol. The zero-order valence-corrected chi connectivity index (χ0v) is 11.1. The summed E-state index contributed by atoms with van der Waals surface area (Å²) in [5, 5.41) is 11.7. The van der Waals surface area contributed by atoms with Crippen LogP contribution in [0.1, 0.15) is 55.6 Å². The number of carbonyl (C=O) groups excluding carboxylic acids is 1. The van der Waals surface area contributed by atoms with Crippen molar-refractivity contribution >= 4 is 11.9 Å². The van der Waals surface area contributed by atoms with Gasteiger partial charge < -0.3 is 15.0 Å². The van der Waals surface area contributed by atoms with Gasteiger partial charge in [-0.05, 0) is 31.4 Å². The van der Waals surface area contributed by atoms with Crippen LogP contribution >= 0.6 is 0 Å². The first-order valence-corrected chi connectivity index (χ1v) is 6.84. The van der Waals surface area contributed by atoms with E-state index < -0.39 is 12.0 Å². The monoisotopic (exact) mass is 264 g/mol. The average Bonchev–Trinajstić information content (AvgIpc) is 3.11. The first kappa shape index (κ1) is 13.6. The normalized spacial score (nSPS) is 16.1. The molecule has 5 nitrogen and oxygen atoms in total. The minimum absolute atomic E-state index is 0.291. The van der Waals surface area contributed by atoms with E-state index >= 15 is 0 Å². The molecule has 1 atom stereocenters. The molecule has 0 radical (unpaired) electrons. The fourth-order valence-corrected chi connectivity index (χ4v) is 2.16. The second-order valence-electron chi connectivity index (χ2n) is 5.04. The number of nitrogens with one attached hydrogen (secondary N) is 1. The third-order valence-corrected chi connectivity index (χ3v) is 3.40. The SMILES string of the molecule is CCCC[C@H](NC(=O)c1cccn1C1CC1)C(=O)O. The summed E-state index contributed by atoms with van der Waals surface area (Å²) in [7, 11) is 0. The van der Waals surface area contributed by atoms with Gasteiger partial charge in [0.15, 0.2) is 0 Å². The molecule has 2 rings (SSSR count). The third kappa shape index (κ3) is 3.36. The zero-order chi connectivity index (χ0) is 13.8. The lowest BCUT2D eigenvalue weighted by atomic mass is 10.1. The quantitative estimate of drug-likeness (QED) is 0.793. The Bertz CT molecular complexity index is 463. The maximum absolute atomic E-state index is 12.1. The molecule has 1 aliphatic rings. The summed E-state index contributed by atoms with van der Waals surface area (Å²) in [5.74, 6) is -1.26. The molecule has 0 spiro atoms. The highest BCUT2D eigenvalue weighted by Crippen LogP contribution is 2.35. The van der Waals surface area contributed by atoms with Crippen LogP contribution in [0.5, 0.6) is 0 Å². The summed E-state index contributed by atoms with van der Waals surface area (Å²) in [6, 6.07) is 3.19. The summed E-state index contributed by atoms with van der Waals surface area (Å²) >= 11 is 0. The highest BCUT2D eigenvalue weighted by molar-refractivity contribution is 5.95. The highest BCUT2D eigenvalue weighted by atomic mass is 16.4. The standard InChI is InChI=1S/C14H20N2O3/c1-2-3-5-11(14(18)19)15-13(17)12-6-4-9-16(12)10-7-8-10/h4,6,9-11H,2-3,5,7-8H2,1H3,(H,15,17)(H,18,19)/t11-/m0/s1. The predicted octanol–water partition coefficient (Wildman–Crippen LogP) is 2.20. The van der Waals surface area contributed by atoms with E-state index in [-0.39, 0.29) is 5.91 Å². The molecule has 19 heavy (non-hydrogen) atoms. The topological polar surface area (TPSA) is 71.3 Å². The van der Waals surface area contributed by atoms with Crippen molar-refractivity contribution in [3.63, 3.8) is 0 Å². The van der Waals surface area contributed by atoms with Crippen LogP contribution in [0.3, 0.4) is 0 Å². The molecule has 1 aromatic heterocycles. The van der Waals surface area contributed by atoms with E-state index in [1.54, 1.807) is 6.07 Å². The van der Waals surface area contributed by atoms with Gasteiger partial charge in [-0.2, -0.15) is 0 Å². The molecule has 2 N–H and O–H groups in total. The van der Waals surface area contributed by atoms with Crippen molar-refractivity contribution < 1.29 is 14.7 Å². The number of aliphatic carboxylic acids is 1. The zero-order valence-electron chi connectivity index (χ0n) is 11.1. The predicted molar refractivity (Wildman–Crippen MR) is 71.1 cm³/mol. The van der Waals surface area contributed by atoms with Crippen LogP contribution in [0.2, 0.25) is 0 Å². The summed E-state index contributed by atoms with van der Waals surface area (Å²) in [6.45, 7) is 2.00. The van der Waals surface area contributed by atoms with Gasteiger partial charge in [0.2, 0.25) is 0 Å². The van der Waals surface area contributed by atoms with Gasteiger partial charge in [-0.15, -0.1) is 0 Å². The van der Waals surface area contributed by atoms with Crippen LogP contribution in [0.15, 0.2) is 18.3 Å². The summed E-state index contributed by atoms with van der Waals surface area (Å²) < 4.78 is 1.94. The molecular formula is C14H20N2O3. The molecule has 1 aliphatic carbocycles. The minimum Gasteiger partial charge on any atom is -0.480 e. The van der Waals surface area contributed by atoms with Gasteiger partial charge in [0.05, 0.1) is 0 Å². The Hall–Kier alpha value is -1.78. The van der Waals surface area contributed by atoms with E-state index in [1.165, 1.54) is 0 Å². The van der Waals surface area contributed by atoms with Crippen molar-refractivity contribution in [1.82, 2.24) is 9.88 Å². The molecule has 1 fully saturated rings. The molecule has 0 bridgehead atoms. The van der Waals surface area contributed by atoms with Gasteiger partial charge in [0, 0.05) is 12.2 Å². The Balaban J connectivity index is 2.01. The number of unbranched alkanes of at least 4 members (excludes halogenated alkanes) is 1. The maximum atomic E-state index is 12.1. The van der Waals surface area contributed by atoms with E-state index in [9.17, 15) is 9.59 Å². The molecule has 1 aromatic rings. The largest absolute Gasteiger partial charge is 0.480 e. The molecule has 0 unspecified atom stereocenters. The van der Waals surface area contributed by atoms with Gasteiger partial charge in [-0.3, -0.25) is 4.79 Å². The molecule has 104 valence electrons. The molecule has 1 saturated carbocycles. The number of hydrogen-bond donors (Lipinski definition) is 2. The summed E-state index contributed by atoms with van der Waals surface area (Å²) in [4.78, 5) is 23.3. The van der Waals surface area contributed by atoms with E-state index in [2.05, 4.69) is 5.32 Å². The first-order valence-electron chi connectivity index (χ1n) is 6.84. The molecule has 5 heteroatoms. The average molecular weight is 264 g/mol. The Morgan fingerprint density at radius 2 is 2.26 bits per heavy atom. The van der Waals surface area contributed by atoms with Crippen molar-refractivity contribution in [3.05, 3.63) is 24.0 Å². The number of aromatic nitrogens is 1. The number of carboxylic acid groups (broad SMARTS) is 1. The third-order valence-electron chi connectivity index (χ3n) is 3.40. The highest BCUT2D eigenvalue weighted by Gasteiger charge is 2.28. The minimum atomic E-state index is -0.966. The Kier molecular flexibility index (Phi) is 4.24. The van der Waals surface area contributed by atoms with Crippen molar-refractivity contribution in [3.8, 4) is 0 Å². The van der Waals surface area contributed by atoms with Gasteiger partial charge >= 0.3 is 5.97 Å². The number of amides is 1. The summed E-state index contributed by atoms with van der Waals surface area (Å²) in [6.07, 6.45) is 6.25. The van der Waals surface area contributed by atoms with Crippen LogP contribution in [0, 0.1) is 0 Å². The fourth-order valence-electron chi connectivity index (χ4n) is 2.16. The molecule has 0 aromatic carbocycles. The number of rotatable bonds is 7. The van der Waals surface area contributed by atoms with Crippen molar-refractivity contribution in [1.29, 1.82) is 0 Å². The smallest absolute Gasteiger partial charge is 0.326 e. The molecule has 1 amide bonds. The van der Waals surface area contributed by atoms with Crippen LogP contribution in [-0.4, -0.2) is 27.6 Å². The number of carbonyl (C=O) groups is 2. The second-order valence-corrected chi connectivity index (χ2v) is 5.04. The molecule has 0 saturated heterocycles. The van der Waals surface area contributed by atoms with Crippen molar-refractivity contribution in [2.75, 3.05) is 0 Å². The first-order chi connectivity index (χ1) is 9.13. The lowest BCUT2D eigenvalue weighted by Crippen LogP contribution is -2.41. The van der Waals surface area contributed by atoms with Crippen LogP contribution in [0.4, 0.5) is 0 Å². The Morgan fingerprint density at radius 3 is 2.84 bits per heavy atom. The van der Waals surface area contributed by atoms with Crippen LogP contribution < -0.4 is 5.32 Å². The summed E-state index contributed by atoms with van der Waals surface area (Å²) in [5.41, 5.74) is 0.560. The van der Waals surface area contributed by atoms with Crippen LogP contribution in [-0.2, 0) is 4.79 Å². The fraction of sp³-hybridized carbons (Fsp3) is 0.571. The lowest BCUT2D eigenvalue weighted by Gasteiger charge is -2.15. The van der Waals surface area contributed by atoms with E-state index in [0.29, 0.717) is 18.2 Å². The maximum Gasteiger partial charge on any atom is 0.326 e. The van der Waals surface area contributed by atoms with Gasteiger partial charge in [-0.25, -0.2) is 4.79 Å². The second kappa shape index (κ2) is 5.91. The van der Waals surface area contributed by atoms with Crippen molar-refractivity contribution in [2.45, 2.75) is 51.1 Å². The van der Waals surface area contributed by atoms with Gasteiger partial charge in [0.1, 0.15) is 11.7 Å². The Labute approximate surface area is 112 Å².